The van der Waals surface area contributed by atoms with Crippen molar-refractivity contribution in [2.45, 2.75) is 0 Å². The lowest BCUT2D eigenvalue weighted by molar-refractivity contribution is -0.641. The van der Waals surface area contributed by atoms with Crippen LogP contribution >= 0.6 is 22.9 Å². The molecule has 0 spiro atoms. The van der Waals surface area contributed by atoms with E-state index in [2.05, 4.69) is 5.32 Å². The zero-order valence-electron chi connectivity index (χ0n) is 12.0. The van der Waals surface area contributed by atoms with Crippen molar-refractivity contribution in [3.8, 4) is 11.3 Å². The first-order valence-corrected chi connectivity index (χ1v) is 7.76. The first-order valence-electron chi connectivity index (χ1n) is 6.50. The fourth-order valence-electron chi connectivity index (χ4n) is 2.08. The van der Waals surface area contributed by atoms with Crippen LogP contribution in [0.4, 0.5) is 19.6 Å². The molecule has 0 aliphatic rings. The Kier molecular flexibility index (Phi) is 5.73. The molecule has 0 aliphatic heterocycles. The Bertz CT molecular complexity index is 821. The standard InChI is InChI=1S/C16H11ClF2N2S.BrH/c1-21-15(10-2-4-11(17)5-3-10)9-22-16(21)20-14-7-6-12(18)8-13(14)19;/h2-9H,1H3;1H. The monoisotopic (exact) mass is 416 g/mol. The molecule has 0 bridgehead atoms. The number of thiazole rings is 1. The predicted octanol–water partition coefficient (Wildman–Crippen LogP) is 1.92. The summed E-state index contributed by atoms with van der Waals surface area (Å²) < 4.78 is 28.6. The molecule has 23 heavy (non-hydrogen) atoms. The van der Waals surface area contributed by atoms with E-state index in [1.54, 1.807) is 0 Å². The van der Waals surface area contributed by atoms with Gasteiger partial charge >= 0.3 is 5.13 Å². The van der Waals surface area contributed by atoms with Crippen molar-refractivity contribution in [2.75, 3.05) is 5.32 Å². The minimum Gasteiger partial charge on any atom is -1.00 e. The van der Waals surface area contributed by atoms with Crippen molar-refractivity contribution in [2.24, 2.45) is 7.05 Å². The molecule has 1 aromatic heterocycles. The highest BCUT2D eigenvalue weighted by atomic mass is 79.9. The summed E-state index contributed by atoms with van der Waals surface area (Å²) in [4.78, 5) is 0. The molecule has 0 atom stereocenters. The van der Waals surface area contributed by atoms with Crippen LogP contribution in [0.15, 0.2) is 47.8 Å². The number of anilines is 2. The molecule has 3 rings (SSSR count). The molecule has 120 valence electrons. The predicted molar refractivity (Wildman–Crippen MR) is 85.6 cm³/mol. The lowest BCUT2D eigenvalue weighted by Gasteiger charge is -2.02. The second-order valence-electron chi connectivity index (χ2n) is 4.74. The van der Waals surface area contributed by atoms with Gasteiger partial charge in [0.2, 0.25) is 0 Å². The van der Waals surface area contributed by atoms with E-state index < -0.39 is 11.6 Å². The van der Waals surface area contributed by atoms with Crippen LogP contribution in [0.1, 0.15) is 0 Å². The third-order valence-electron chi connectivity index (χ3n) is 3.26. The number of hydrogen-bond acceptors (Lipinski definition) is 2. The second-order valence-corrected chi connectivity index (χ2v) is 6.04. The highest BCUT2D eigenvalue weighted by Gasteiger charge is 2.18. The minimum atomic E-state index is -0.624. The summed E-state index contributed by atoms with van der Waals surface area (Å²) in [6, 6.07) is 10.9. The van der Waals surface area contributed by atoms with E-state index in [-0.39, 0.29) is 22.7 Å². The van der Waals surface area contributed by atoms with Crippen LogP contribution in [0.5, 0.6) is 0 Å². The number of halogens is 4. The van der Waals surface area contributed by atoms with Crippen LogP contribution in [-0.4, -0.2) is 0 Å². The average Bonchev–Trinajstić information content (AvgIpc) is 2.84. The van der Waals surface area contributed by atoms with Gasteiger partial charge in [-0.15, -0.1) is 0 Å². The summed E-state index contributed by atoms with van der Waals surface area (Å²) in [6.07, 6.45) is 0. The maximum absolute atomic E-state index is 13.7. The molecule has 1 N–H and O–H groups in total. The van der Waals surface area contributed by atoms with Crippen LogP contribution in [0.2, 0.25) is 5.02 Å². The van der Waals surface area contributed by atoms with E-state index in [0.29, 0.717) is 5.02 Å². The van der Waals surface area contributed by atoms with E-state index in [9.17, 15) is 8.78 Å². The van der Waals surface area contributed by atoms with E-state index in [0.717, 1.165) is 22.5 Å². The first-order chi connectivity index (χ1) is 10.5. The number of rotatable bonds is 3. The number of hydrogen-bond donors (Lipinski definition) is 1. The SMILES string of the molecule is C[n+]1c(-c2ccc(Cl)cc2)csc1Nc1ccc(F)cc1F.[Br-]. The van der Waals surface area contributed by atoms with Gasteiger partial charge in [0.05, 0.1) is 7.05 Å². The van der Waals surface area contributed by atoms with E-state index >= 15 is 0 Å². The fourth-order valence-corrected chi connectivity index (χ4v) is 3.15. The summed E-state index contributed by atoms with van der Waals surface area (Å²) >= 11 is 7.33. The maximum Gasteiger partial charge on any atom is 0.339 e. The van der Waals surface area contributed by atoms with Crippen molar-refractivity contribution < 1.29 is 30.3 Å². The van der Waals surface area contributed by atoms with E-state index in [1.807, 2.05) is 41.3 Å². The van der Waals surface area contributed by atoms with Crippen molar-refractivity contribution in [3.63, 3.8) is 0 Å². The number of aromatic nitrogens is 1. The van der Waals surface area contributed by atoms with Gasteiger partial charge < -0.3 is 17.0 Å². The van der Waals surface area contributed by atoms with Gasteiger partial charge in [0.1, 0.15) is 11.5 Å². The molecular formula is C16H12BrClF2N2S. The van der Waals surface area contributed by atoms with Crippen molar-refractivity contribution >= 4 is 33.8 Å². The molecule has 0 saturated carbocycles. The topological polar surface area (TPSA) is 15.9 Å². The first kappa shape index (κ1) is 17.8. The Morgan fingerprint density at radius 2 is 1.78 bits per heavy atom. The summed E-state index contributed by atoms with van der Waals surface area (Å²) in [5.41, 5.74) is 2.23. The third-order valence-corrected chi connectivity index (χ3v) is 4.45. The molecule has 0 aliphatic carbocycles. The third kappa shape index (κ3) is 3.88. The summed E-state index contributed by atoms with van der Waals surface area (Å²) in [7, 11) is 1.88. The molecule has 0 fully saturated rings. The van der Waals surface area contributed by atoms with Gasteiger partial charge in [-0.1, -0.05) is 22.9 Å². The Morgan fingerprint density at radius 3 is 2.43 bits per heavy atom. The number of nitrogens with zero attached hydrogens (tertiary/aromatic N) is 1. The normalized spacial score (nSPS) is 10.3. The average molecular weight is 418 g/mol. The molecule has 2 aromatic carbocycles. The number of nitrogens with one attached hydrogen (secondary N) is 1. The van der Waals surface area contributed by atoms with Crippen LogP contribution in [0.3, 0.4) is 0 Å². The van der Waals surface area contributed by atoms with Gasteiger partial charge in [0.15, 0.2) is 11.5 Å². The molecule has 3 aromatic rings. The minimum absolute atomic E-state index is 0. The van der Waals surface area contributed by atoms with Gasteiger partial charge in [-0.25, -0.2) is 18.7 Å². The van der Waals surface area contributed by atoms with Crippen LogP contribution in [0.25, 0.3) is 11.3 Å². The largest absolute Gasteiger partial charge is 1.00 e. The highest BCUT2D eigenvalue weighted by molar-refractivity contribution is 7.13. The fraction of sp³-hybridized carbons (Fsp3) is 0.0625. The molecule has 7 heteroatoms. The smallest absolute Gasteiger partial charge is 0.339 e. The van der Waals surface area contributed by atoms with Crippen LogP contribution in [0, 0.1) is 11.6 Å². The highest BCUT2D eigenvalue weighted by Crippen LogP contribution is 2.27. The van der Waals surface area contributed by atoms with Gasteiger partial charge in [0.25, 0.3) is 0 Å². The molecule has 1 heterocycles. The lowest BCUT2D eigenvalue weighted by atomic mass is 10.2. The second kappa shape index (κ2) is 7.38. The quantitative estimate of drug-likeness (QED) is 0.644. The zero-order chi connectivity index (χ0) is 15.7. The summed E-state index contributed by atoms with van der Waals surface area (Å²) in [5, 5.41) is 6.37. The van der Waals surface area contributed by atoms with Crippen LogP contribution in [-0.2, 0) is 7.05 Å². The Morgan fingerprint density at radius 1 is 1.09 bits per heavy atom. The van der Waals surface area contributed by atoms with Gasteiger partial charge in [0, 0.05) is 22.0 Å². The molecule has 2 nitrogen and oxygen atoms in total. The van der Waals surface area contributed by atoms with Gasteiger partial charge in [-0.3, -0.25) is 0 Å². The zero-order valence-corrected chi connectivity index (χ0v) is 15.1. The Labute approximate surface area is 152 Å². The van der Waals surface area contributed by atoms with Crippen molar-refractivity contribution in [1.82, 2.24) is 0 Å². The summed E-state index contributed by atoms with van der Waals surface area (Å²) in [6.45, 7) is 0. The molecule has 0 radical (unpaired) electrons. The molecule has 0 saturated heterocycles. The number of benzene rings is 2. The van der Waals surface area contributed by atoms with Crippen LogP contribution < -0.4 is 26.9 Å². The molecule has 0 unspecified atom stereocenters. The Hall–Kier alpha value is -1.50. The maximum atomic E-state index is 13.7. The van der Waals surface area contributed by atoms with Crippen molar-refractivity contribution in [1.29, 1.82) is 0 Å². The lowest BCUT2D eigenvalue weighted by Crippen LogP contribution is -3.00. The molecule has 0 amide bonds. The van der Waals surface area contributed by atoms with Crippen molar-refractivity contribution in [3.05, 3.63) is 64.5 Å². The van der Waals surface area contributed by atoms with E-state index in [1.165, 1.54) is 23.5 Å². The van der Waals surface area contributed by atoms with Gasteiger partial charge in [-0.2, -0.15) is 0 Å². The molecular weight excluding hydrogens is 406 g/mol. The summed E-state index contributed by atoms with van der Waals surface area (Å²) in [5.74, 6) is -1.22. The Balaban J connectivity index is 0.00000192. The van der Waals surface area contributed by atoms with Gasteiger partial charge in [-0.05, 0) is 36.4 Å². The van der Waals surface area contributed by atoms with E-state index in [4.69, 9.17) is 11.6 Å².